The van der Waals surface area contributed by atoms with Gasteiger partial charge < -0.3 is 10.3 Å². The molecule has 0 bridgehead atoms. The highest BCUT2D eigenvalue weighted by molar-refractivity contribution is 5.65. The first-order valence-corrected chi connectivity index (χ1v) is 9.95. The van der Waals surface area contributed by atoms with Crippen molar-refractivity contribution in [3.05, 3.63) is 70.4 Å². The number of hydrogen-bond donors (Lipinski definition) is 2. The van der Waals surface area contributed by atoms with Gasteiger partial charge in [0.15, 0.2) is 0 Å². The number of aryl methyl sites for hydroxylation is 1. The number of alkyl halides is 3. The number of pyridine rings is 1. The molecule has 1 aliphatic rings. The standard InChI is InChI=1S/C22H23F3N4O/c1-29-13-17(12-27-29)16-10-20(21(30)26-11-16)28-19-8-4-15(5-9-19)14-2-6-18(7-3-14)22(23,24)25/h2-3,6-7,10-13,15,19,28H,4-5,8-9H2,1H3,(H,26,30)/t15-,19+. The molecule has 1 aliphatic carbocycles. The summed E-state index contributed by atoms with van der Waals surface area (Å²) in [6, 6.07) is 7.47. The Kier molecular flexibility index (Phi) is 5.40. The summed E-state index contributed by atoms with van der Waals surface area (Å²) in [6.45, 7) is 0. The number of aromatic amines is 1. The Balaban J connectivity index is 1.40. The Morgan fingerprint density at radius 2 is 1.80 bits per heavy atom. The lowest BCUT2D eigenvalue weighted by atomic mass is 9.81. The summed E-state index contributed by atoms with van der Waals surface area (Å²) in [7, 11) is 1.84. The molecule has 30 heavy (non-hydrogen) atoms. The second-order valence-electron chi connectivity index (χ2n) is 7.85. The van der Waals surface area contributed by atoms with Gasteiger partial charge in [-0.15, -0.1) is 0 Å². The molecule has 8 heteroatoms. The van der Waals surface area contributed by atoms with E-state index in [-0.39, 0.29) is 17.5 Å². The molecular weight excluding hydrogens is 393 g/mol. The van der Waals surface area contributed by atoms with Crippen LogP contribution in [0, 0.1) is 0 Å². The summed E-state index contributed by atoms with van der Waals surface area (Å²) < 4.78 is 40.0. The Hall–Kier alpha value is -3.03. The minimum atomic E-state index is -4.31. The summed E-state index contributed by atoms with van der Waals surface area (Å²) in [6.07, 6.45) is 4.42. The third kappa shape index (κ3) is 4.42. The highest BCUT2D eigenvalue weighted by Gasteiger charge is 2.30. The zero-order valence-corrected chi connectivity index (χ0v) is 16.5. The number of H-pyrrole nitrogens is 1. The van der Waals surface area contributed by atoms with Crippen LogP contribution in [0.5, 0.6) is 0 Å². The fourth-order valence-electron chi connectivity index (χ4n) is 4.06. The van der Waals surface area contributed by atoms with Gasteiger partial charge >= 0.3 is 6.18 Å². The zero-order valence-electron chi connectivity index (χ0n) is 16.5. The molecule has 2 N–H and O–H groups in total. The van der Waals surface area contributed by atoms with E-state index in [1.165, 1.54) is 0 Å². The van der Waals surface area contributed by atoms with Gasteiger partial charge in [0.05, 0.1) is 11.8 Å². The van der Waals surface area contributed by atoms with Crippen molar-refractivity contribution in [1.29, 1.82) is 0 Å². The first-order chi connectivity index (χ1) is 14.3. The maximum Gasteiger partial charge on any atom is 0.416 e. The topological polar surface area (TPSA) is 62.7 Å². The van der Waals surface area contributed by atoms with Crippen LogP contribution in [0.25, 0.3) is 11.1 Å². The molecular formula is C22H23F3N4O. The number of nitrogens with one attached hydrogen (secondary N) is 2. The zero-order chi connectivity index (χ0) is 21.3. The normalized spacial score (nSPS) is 19.6. The predicted octanol–water partition coefficient (Wildman–Crippen LogP) is 4.93. The highest BCUT2D eigenvalue weighted by atomic mass is 19.4. The highest BCUT2D eigenvalue weighted by Crippen LogP contribution is 2.36. The third-order valence-corrected chi connectivity index (χ3v) is 5.74. The number of halogens is 3. The first kappa shape index (κ1) is 20.3. The van der Waals surface area contributed by atoms with Crippen LogP contribution in [0.4, 0.5) is 18.9 Å². The lowest BCUT2D eigenvalue weighted by Crippen LogP contribution is -2.28. The van der Waals surface area contributed by atoms with E-state index >= 15 is 0 Å². The van der Waals surface area contributed by atoms with Crippen LogP contribution in [0.3, 0.4) is 0 Å². The average molecular weight is 416 g/mol. The van der Waals surface area contributed by atoms with Crippen LogP contribution in [-0.4, -0.2) is 20.8 Å². The number of nitrogens with zero attached hydrogens (tertiary/aromatic N) is 2. The minimum absolute atomic E-state index is 0.154. The minimum Gasteiger partial charge on any atom is -0.378 e. The fraction of sp³-hybridized carbons (Fsp3) is 0.364. The van der Waals surface area contributed by atoms with Gasteiger partial charge in [0, 0.05) is 36.6 Å². The molecule has 0 atom stereocenters. The smallest absolute Gasteiger partial charge is 0.378 e. The average Bonchev–Trinajstić information content (AvgIpc) is 3.16. The van der Waals surface area contributed by atoms with E-state index in [4.69, 9.17) is 0 Å². The molecule has 2 aromatic heterocycles. The second kappa shape index (κ2) is 8.01. The van der Waals surface area contributed by atoms with Gasteiger partial charge in [-0.2, -0.15) is 18.3 Å². The number of benzene rings is 1. The molecule has 0 radical (unpaired) electrons. The number of hydrogen-bond acceptors (Lipinski definition) is 3. The predicted molar refractivity (Wildman–Crippen MR) is 109 cm³/mol. The summed E-state index contributed by atoms with van der Waals surface area (Å²) in [5, 5.41) is 7.51. The molecule has 4 rings (SSSR count). The van der Waals surface area contributed by atoms with E-state index in [0.29, 0.717) is 5.69 Å². The lowest BCUT2D eigenvalue weighted by molar-refractivity contribution is -0.137. The monoisotopic (exact) mass is 416 g/mol. The quantitative estimate of drug-likeness (QED) is 0.634. The summed E-state index contributed by atoms with van der Waals surface area (Å²) in [4.78, 5) is 15.0. The molecule has 0 amide bonds. The van der Waals surface area contributed by atoms with E-state index in [1.54, 1.807) is 29.2 Å². The van der Waals surface area contributed by atoms with Crippen LogP contribution in [0.15, 0.2) is 53.7 Å². The molecule has 1 aromatic carbocycles. The molecule has 158 valence electrons. The first-order valence-electron chi connectivity index (χ1n) is 9.95. The Morgan fingerprint density at radius 3 is 2.40 bits per heavy atom. The molecule has 1 saturated carbocycles. The van der Waals surface area contributed by atoms with E-state index in [1.807, 2.05) is 19.3 Å². The number of anilines is 1. The Labute approximate surface area is 171 Å². The van der Waals surface area contributed by atoms with Crippen molar-refractivity contribution in [3.63, 3.8) is 0 Å². The molecule has 3 aromatic rings. The van der Waals surface area contributed by atoms with Crippen molar-refractivity contribution >= 4 is 5.69 Å². The fourth-order valence-corrected chi connectivity index (χ4v) is 4.06. The van der Waals surface area contributed by atoms with E-state index in [0.717, 1.165) is 54.5 Å². The Morgan fingerprint density at radius 1 is 1.10 bits per heavy atom. The molecule has 0 spiro atoms. The second-order valence-corrected chi connectivity index (χ2v) is 7.85. The molecule has 0 aliphatic heterocycles. The van der Waals surface area contributed by atoms with Crippen LogP contribution in [0.2, 0.25) is 0 Å². The maximum absolute atomic E-state index is 12.7. The van der Waals surface area contributed by atoms with Crippen molar-refractivity contribution in [3.8, 4) is 11.1 Å². The molecule has 2 heterocycles. The Bertz CT molecular complexity index is 1060. The van der Waals surface area contributed by atoms with Gasteiger partial charge in [-0.1, -0.05) is 12.1 Å². The van der Waals surface area contributed by atoms with Crippen molar-refractivity contribution < 1.29 is 13.2 Å². The van der Waals surface area contributed by atoms with Gasteiger partial charge in [-0.3, -0.25) is 9.48 Å². The van der Waals surface area contributed by atoms with Crippen LogP contribution >= 0.6 is 0 Å². The van der Waals surface area contributed by atoms with Crippen LogP contribution in [-0.2, 0) is 13.2 Å². The van der Waals surface area contributed by atoms with Gasteiger partial charge in [0.1, 0.15) is 5.69 Å². The van der Waals surface area contributed by atoms with Gasteiger partial charge in [-0.25, -0.2) is 0 Å². The third-order valence-electron chi connectivity index (χ3n) is 5.74. The summed E-state index contributed by atoms with van der Waals surface area (Å²) in [5.41, 5.74) is 2.47. The van der Waals surface area contributed by atoms with E-state index in [9.17, 15) is 18.0 Å². The molecule has 1 fully saturated rings. The van der Waals surface area contributed by atoms with E-state index < -0.39 is 11.7 Å². The molecule has 5 nitrogen and oxygen atoms in total. The summed E-state index contributed by atoms with van der Waals surface area (Å²) in [5.74, 6) is 0.241. The van der Waals surface area contributed by atoms with Crippen LogP contribution < -0.4 is 10.9 Å². The van der Waals surface area contributed by atoms with Crippen LogP contribution in [0.1, 0.15) is 42.7 Å². The number of aromatic nitrogens is 3. The maximum atomic E-state index is 12.7. The van der Waals surface area contributed by atoms with Gasteiger partial charge in [-0.05, 0) is 55.4 Å². The lowest BCUT2D eigenvalue weighted by Gasteiger charge is -2.30. The van der Waals surface area contributed by atoms with Crippen molar-refractivity contribution in [2.24, 2.45) is 7.05 Å². The molecule has 0 saturated heterocycles. The van der Waals surface area contributed by atoms with Gasteiger partial charge in [0.2, 0.25) is 0 Å². The van der Waals surface area contributed by atoms with Gasteiger partial charge in [0.25, 0.3) is 5.56 Å². The number of rotatable bonds is 4. The SMILES string of the molecule is Cn1cc(-c2c[nH]c(=O)c(N[C@H]3CC[C@@H](c4ccc(C(F)(F)F)cc4)CC3)c2)cn1. The van der Waals surface area contributed by atoms with Crippen molar-refractivity contribution in [2.75, 3.05) is 5.32 Å². The van der Waals surface area contributed by atoms with Crippen molar-refractivity contribution in [2.45, 2.75) is 43.8 Å². The largest absolute Gasteiger partial charge is 0.416 e. The van der Waals surface area contributed by atoms with E-state index in [2.05, 4.69) is 15.4 Å². The van der Waals surface area contributed by atoms with Crippen molar-refractivity contribution in [1.82, 2.24) is 14.8 Å². The molecule has 0 unspecified atom stereocenters. The summed E-state index contributed by atoms with van der Waals surface area (Å²) >= 11 is 0.